The van der Waals surface area contributed by atoms with E-state index >= 15 is 0 Å². The highest BCUT2D eigenvalue weighted by atomic mass is 16.2. The number of nitrogens with one attached hydrogen (secondary N) is 1. The first-order valence-corrected chi connectivity index (χ1v) is 6.96. The molecule has 1 aromatic heterocycles. The molecule has 0 bridgehead atoms. The number of rotatable bonds is 2. The zero-order valence-corrected chi connectivity index (χ0v) is 11.7. The number of hydrogen-bond donors (Lipinski definition) is 1. The zero-order chi connectivity index (χ0) is 14.8. The monoisotopic (exact) mass is 280 g/mol. The van der Waals surface area contributed by atoms with Gasteiger partial charge >= 0.3 is 0 Å². The molecule has 0 saturated carbocycles. The molecule has 106 valence electrons. The Kier molecular flexibility index (Phi) is 3.52. The van der Waals surface area contributed by atoms with E-state index in [0.29, 0.717) is 6.42 Å². The van der Waals surface area contributed by atoms with Crippen LogP contribution in [0.25, 0.3) is 0 Å². The number of carbonyl (C=O) groups is 2. The fourth-order valence-corrected chi connectivity index (χ4v) is 2.97. The Hall–Kier alpha value is -2.49. The van der Waals surface area contributed by atoms with Crippen LogP contribution < -0.4 is 5.32 Å². The Morgan fingerprint density at radius 2 is 1.95 bits per heavy atom. The summed E-state index contributed by atoms with van der Waals surface area (Å²) in [5.74, 6) is -0.970. The number of aromatic nitrogens is 1. The maximum Gasteiger partial charge on any atom is 0.234 e. The fourth-order valence-electron chi connectivity index (χ4n) is 2.97. The molecule has 4 nitrogen and oxygen atoms in total. The van der Waals surface area contributed by atoms with Crippen LogP contribution in [0.2, 0.25) is 0 Å². The minimum Gasteiger partial charge on any atom is -0.296 e. The quantitative estimate of drug-likeness (QED) is 0.859. The van der Waals surface area contributed by atoms with E-state index in [1.54, 1.807) is 12.4 Å². The summed E-state index contributed by atoms with van der Waals surface area (Å²) in [6.07, 6.45) is 3.73. The van der Waals surface area contributed by atoms with Crippen molar-refractivity contribution in [3.63, 3.8) is 0 Å². The lowest BCUT2D eigenvalue weighted by Gasteiger charge is -2.31. The summed E-state index contributed by atoms with van der Waals surface area (Å²) < 4.78 is 0. The number of nitrogens with zero attached hydrogens (tertiary/aromatic N) is 1. The minimum atomic E-state index is -0.354. The van der Waals surface area contributed by atoms with Crippen LogP contribution in [0.5, 0.6) is 0 Å². The van der Waals surface area contributed by atoms with Crippen LogP contribution >= 0.6 is 0 Å². The van der Waals surface area contributed by atoms with Crippen molar-refractivity contribution in [1.82, 2.24) is 10.3 Å². The average Bonchev–Trinajstić information content (AvgIpc) is 2.49. The van der Waals surface area contributed by atoms with E-state index in [0.717, 1.165) is 16.7 Å². The molecule has 0 spiro atoms. The lowest BCUT2D eigenvalue weighted by atomic mass is 9.76. The van der Waals surface area contributed by atoms with Gasteiger partial charge in [0.2, 0.25) is 11.8 Å². The van der Waals surface area contributed by atoms with E-state index in [2.05, 4.69) is 10.3 Å². The molecule has 2 aromatic rings. The van der Waals surface area contributed by atoms with E-state index in [1.165, 1.54) is 0 Å². The van der Waals surface area contributed by atoms with Crippen molar-refractivity contribution in [2.45, 2.75) is 25.2 Å². The predicted octanol–water partition coefficient (Wildman–Crippen LogP) is 2.30. The number of aryl methyl sites for hydroxylation is 1. The van der Waals surface area contributed by atoms with Crippen molar-refractivity contribution in [2.75, 3.05) is 0 Å². The first kappa shape index (κ1) is 13.5. The topological polar surface area (TPSA) is 59.1 Å². The van der Waals surface area contributed by atoms with Crippen molar-refractivity contribution in [2.24, 2.45) is 0 Å². The molecule has 2 unspecified atom stereocenters. The summed E-state index contributed by atoms with van der Waals surface area (Å²) in [5, 5.41) is 2.46. The van der Waals surface area contributed by atoms with E-state index in [9.17, 15) is 9.59 Å². The standard InChI is InChI=1S/C17H16N2O2/c1-11-5-2-3-7-13(11)16-14(9-15(20)19-17(16)21)12-6-4-8-18-10-12/h2-8,10,14,16H,9H2,1H3,(H,19,20,21). The molecule has 1 aliphatic rings. The highest BCUT2D eigenvalue weighted by molar-refractivity contribution is 6.02. The van der Waals surface area contributed by atoms with Gasteiger partial charge in [0.05, 0.1) is 5.92 Å². The van der Waals surface area contributed by atoms with Gasteiger partial charge in [-0.25, -0.2) is 0 Å². The number of imide groups is 1. The molecule has 2 atom stereocenters. The summed E-state index contributed by atoms with van der Waals surface area (Å²) >= 11 is 0. The van der Waals surface area contributed by atoms with Crippen LogP contribution in [-0.2, 0) is 9.59 Å². The number of carbonyl (C=O) groups excluding carboxylic acids is 2. The lowest BCUT2D eigenvalue weighted by Crippen LogP contribution is -2.43. The maximum absolute atomic E-state index is 12.4. The van der Waals surface area contributed by atoms with Gasteiger partial charge in [-0.15, -0.1) is 0 Å². The van der Waals surface area contributed by atoms with Gasteiger partial charge in [-0.2, -0.15) is 0 Å². The van der Waals surface area contributed by atoms with Crippen LogP contribution in [0, 0.1) is 6.92 Å². The molecule has 4 heteroatoms. The summed E-state index contributed by atoms with van der Waals surface area (Å²) in [5.41, 5.74) is 2.95. The van der Waals surface area contributed by atoms with E-state index in [-0.39, 0.29) is 23.7 Å². The summed E-state index contributed by atoms with van der Waals surface area (Å²) in [7, 11) is 0. The molecule has 1 N–H and O–H groups in total. The second kappa shape index (κ2) is 5.48. The Bertz CT molecular complexity index is 682. The van der Waals surface area contributed by atoms with Gasteiger partial charge in [0.15, 0.2) is 0 Å². The van der Waals surface area contributed by atoms with E-state index < -0.39 is 0 Å². The molecular formula is C17H16N2O2. The Balaban J connectivity index is 2.08. The third kappa shape index (κ3) is 2.57. The maximum atomic E-state index is 12.4. The fraction of sp³-hybridized carbons (Fsp3) is 0.235. The zero-order valence-electron chi connectivity index (χ0n) is 11.7. The molecule has 2 heterocycles. The lowest BCUT2D eigenvalue weighted by molar-refractivity contribution is -0.135. The summed E-state index contributed by atoms with van der Waals surface area (Å²) in [6, 6.07) is 11.6. The second-order valence-corrected chi connectivity index (χ2v) is 5.34. The minimum absolute atomic E-state index is 0.166. The van der Waals surface area contributed by atoms with Crippen LogP contribution in [0.4, 0.5) is 0 Å². The molecule has 1 saturated heterocycles. The average molecular weight is 280 g/mol. The largest absolute Gasteiger partial charge is 0.296 e. The van der Waals surface area contributed by atoms with Gasteiger partial charge in [0.1, 0.15) is 0 Å². The molecule has 1 aromatic carbocycles. The van der Waals surface area contributed by atoms with Gasteiger partial charge < -0.3 is 0 Å². The number of piperidine rings is 1. The predicted molar refractivity (Wildman–Crippen MR) is 78.7 cm³/mol. The molecule has 3 rings (SSSR count). The van der Waals surface area contributed by atoms with Crippen molar-refractivity contribution < 1.29 is 9.59 Å². The van der Waals surface area contributed by atoms with Gasteiger partial charge in [0.25, 0.3) is 0 Å². The number of pyridine rings is 1. The number of hydrogen-bond acceptors (Lipinski definition) is 3. The first-order valence-electron chi connectivity index (χ1n) is 6.96. The third-order valence-electron chi connectivity index (χ3n) is 3.99. The summed E-state index contributed by atoms with van der Waals surface area (Å²) in [4.78, 5) is 28.3. The summed E-state index contributed by atoms with van der Waals surface area (Å²) in [6.45, 7) is 1.99. The highest BCUT2D eigenvalue weighted by Gasteiger charge is 2.38. The third-order valence-corrected chi connectivity index (χ3v) is 3.99. The molecule has 0 radical (unpaired) electrons. The molecular weight excluding hydrogens is 264 g/mol. The van der Waals surface area contributed by atoms with Crippen LogP contribution in [0.1, 0.15) is 34.9 Å². The van der Waals surface area contributed by atoms with Gasteiger partial charge in [0, 0.05) is 24.7 Å². The molecule has 0 aliphatic carbocycles. The SMILES string of the molecule is Cc1ccccc1C1C(=O)NC(=O)CC1c1cccnc1. The van der Waals surface area contributed by atoms with E-state index in [4.69, 9.17) is 0 Å². The van der Waals surface area contributed by atoms with Gasteiger partial charge in [-0.1, -0.05) is 30.3 Å². The van der Waals surface area contributed by atoms with Crippen molar-refractivity contribution in [3.8, 4) is 0 Å². The Labute approximate surface area is 123 Å². The number of amides is 2. The van der Waals surface area contributed by atoms with E-state index in [1.807, 2.05) is 43.3 Å². The van der Waals surface area contributed by atoms with Crippen LogP contribution in [-0.4, -0.2) is 16.8 Å². The van der Waals surface area contributed by atoms with Crippen LogP contribution in [0.3, 0.4) is 0 Å². The van der Waals surface area contributed by atoms with Gasteiger partial charge in [-0.3, -0.25) is 19.9 Å². The van der Waals surface area contributed by atoms with Gasteiger partial charge in [-0.05, 0) is 29.7 Å². The second-order valence-electron chi connectivity index (χ2n) is 5.34. The molecule has 21 heavy (non-hydrogen) atoms. The highest BCUT2D eigenvalue weighted by Crippen LogP contribution is 2.39. The van der Waals surface area contributed by atoms with Crippen LogP contribution in [0.15, 0.2) is 48.8 Å². The molecule has 2 amide bonds. The normalized spacial score (nSPS) is 22.0. The Morgan fingerprint density at radius 3 is 2.67 bits per heavy atom. The molecule has 1 aliphatic heterocycles. The molecule has 1 fully saturated rings. The first-order chi connectivity index (χ1) is 10.2. The Morgan fingerprint density at radius 1 is 1.14 bits per heavy atom. The van der Waals surface area contributed by atoms with Crippen molar-refractivity contribution in [1.29, 1.82) is 0 Å². The smallest absolute Gasteiger partial charge is 0.234 e. The number of benzene rings is 1. The van der Waals surface area contributed by atoms with Crippen molar-refractivity contribution >= 4 is 11.8 Å². The van der Waals surface area contributed by atoms with Crippen molar-refractivity contribution in [3.05, 3.63) is 65.5 Å².